The molecule has 2 rings (SSSR count). The first-order valence-corrected chi connectivity index (χ1v) is 5.08. The highest BCUT2D eigenvalue weighted by Gasteiger charge is 2.42. The van der Waals surface area contributed by atoms with Gasteiger partial charge in [0.25, 0.3) is 0 Å². The molecule has 0 aromatic carbocycles. The minimum atomic E-state index is -1.01. The molecule has 4 nitrogen and oxygen atoms in total. The van der Waals surface area contributed by atoms with Gasteiger partial charge in [0.1, 0.15) is 16.0 Å². The number of rotatable bonds is 2. The van der Waals surface area contributed by atoms with Gasteiger partial charge in [-0.25, -0.2) is 14.8 Å². The molecule has 0 spiro atoms. The van der Waals surface area contributed by atoms with Crippen molar-refractivity contribution in [3.8, 4) is 0 Å². The van der Waals surface area contributed by atoms with Crippen LogP contribution in [0.2, 0.25) is 0 Å². The van der Waals surface area contributed by atoms with Crippen molar-refractivity contribution >= 4 is 21.9 Å². The Balaban J connectivity index is 2.40. The zero-order valence-electron chi connectivity index (χ0n) is 7.62. The topological polar surface area (TPSA) is 63.1 Å². The molecule has 14 heavy (non-hydrogen) atoms. The summed E-state index contributed by atoms with van der Waals surface area (Å²) in [7, 11) is 0. The molecular weight excluding hydrogens is 248 g/mol. The fraction of sp³-hybridized carbons (Fsp3) is 0.444. The van der Waals surface area contributed by atoms with E-state index in [1.807, 2.05) is 0 Å². The van der Waals surface area contributed by atoms with Gasteiger partial charge in [-0.05, 0) is 28.8 Å². The lowest BCUT2D eigenvalue weighted by Gasteiger charge is -2.07. The summed E-state index contributed by atoms with van der Waals surface area (Å²) in [6.45, 7) is 2.08. The zero-order valence-corrected chi connectivity index (χ0v) is 9.21. The lowest BCUT2D eigenvalue weighted by atomic mass is 10.1. The monoisotopic (exact) mass is 256 g/mol. The molecule has 1 fully saturated rings. The van der Waals surface area contributed by atoms with E-state index in [4.69, 9.17) is 5.11 Å². The number of aromatic carboxylic acids is 1. The molecule has 0 saturated heterocycles. The van der Waals surface area contributed by atoms with Gasteiger partial charge in [-0.15, -0.1) is 0 Å². The van der Waals surface area contributed by atoms with Gasteiger partial charge in [0.2, 0.25) is 0 Å². The number of carboxylic acid groups (broad SMARTS) is 1. The van der Waals surface area contributed by atoms with Crippen molar-refractivity contribution in [1.82, 2.24) is 9.97 Å². The third-order valence-corrected chi connectivity index (χ3v) is 3.12. The quantitative estimate of drug-likeness (QED) is 0.823. The lowest BCUT2D eigenvalue weighted by Crippen LogP contribution is -2.10. The van der Waals surface area contributed by atoms with Crippen LogP contribution in [0.1, 0.15) is 35.9 Å². The van der Waals surface area contributed by atoms with Crippen LogP contribution < -0.4 is 0 Å². The van der Waals surface area contributed by atoms with E-state index < -0.39 is 5.97 Å². The highest BCUT2D eigenvalue weighted by atomic mass is 79.9. The average Bonchev–Trinajstić information content (AvgIpc) is 2.84. The van der Waals surface area contributed by atoms with Crippen molar-refractivity contribution in [1.29, 1.82) is 0 Å². The van der Waals surface area contributed by atoms with Gasteiger partial charge in [-0.1, -0.05) is 6.92 Å². The molecule has 0 radical (unpaired) electrons. The highest BCUT2D eigenvalue weighted by molar-refractivity contribution is 9.10. The van der Waals surface area contributed by atoms with E-state index in [0.717, 1.165) is 18.7 Å². The molecule has 74 valence electrons. The summed E-state index contributed by atoms with van der Waals surface area (Å²) in [5, 5.41) is 8.76. The Morgan fingerprint density at radius 2 is 2.29 bits per heavy atom. The summed E-state index contributed by atoms with van der Waals surface area (Å²) in [4.78, 5) is 18.9. The van der Waals surface area contributed by atoms with Crippen LogP contribution in [-0.2, 0) is 5.41 Å². The van der Waals surface area contributed by atoms with Crippen molar-refractivity contribution in [2.24, 2.45) is 0 Å². The first-order chi connectivity index (χ1) is 6.53. The molecule has 0 bridgehead atoms. The number of carbonyl (C=O) groups is 1. The molecule has 1 aromatic rings. The van der Waals surface area contributed by atoms with Crippen LogP contribution in [0.3, 0.4) is 0 Å². The predicted octanol–water partition coefficient (Wildman–Crippen LogP) is 1.99. The van der Waals surface area contributed by atoms with Crippen molar-refractivity contribution in [2.75, 3.05) is 0 Å². The second kappa shape index (κ2) is 3.02. The molecule has 1 heterocycles. The number of halogens is 1. The van der Waals surface area contributed by atoms with Crippen LogP contribution in [0, 0.1) is 0 Å². The van der Waals surface area contributed by atoms with Gasteiger partial charge in [-0.2, -0.15) is 0 Å². The number of carboxylic acids is 1. The summed E-state index contributed by atoms with van der Waals surface area (Å²) in [6.07, 6.45) is 3.51. The molecule has 1 N–H and O–H groups in total. The molecule has 1 aliphatic carbocycles. The Hall–Kier alpha value is -0.970. The van der Waals surface area contributed by atoms with E-state index in [1.165, 1.54) is 6.20 Å². The fourth-order valence-electron chi connectivity index (χ4n) is 1.21. The first-order valence-electron chi connectivity index (χ1n) is 4.29. The predicted molar refractivity (Wildman–Crippen MR) is 53.3 cm³/mol. The van der Waals surface area contributed by atoms with Gasteiger partial charge in [-0.3, -0.25) is 0 Å². The summed E-state index contributed by atoms with van der Waals surface area (Å²) >= 11 is 3.14. The molecule has 5 heteroatoms. The van der Waals surface area contributed by atoms with Crippen LogP contribution in [-0.4, -0.2) is 21.0 Å². The maximum atomic E-state index is 10.7. The minimum Gasteiger partial charge on any atom is -0.478 e. The Kier molecular flexibility index (Phi) is 2.06. The van der Waals surface area contributed by atoms with E-state index in [1.54, 1.807) is 0 Å². The third-order valence-electron chi connectivity index (χ3n) is 2.51. The van der Waals surface area contributed by atoms with Crippen molar-refractivity contribution in [2.45, 2.75) is 25.2 Å². The zero-order chi connectivity index (χ0) is 10.3. The van der Waals surface area contributed by atoms with E-state index in [9.17, 15) is 4.79 Å². The summed E-state index contributed by atoms with van der Waals surface area (Å²) in [6, 6.07) is 0. The Labute approximate surface area is 89.5 Å². The second-order valence-electron chi connectivity index (χ2n) is 3.76. The van der Waals surface area contributed by atoms with Crippen LogP contribution in [0.5, 0.6) is 0 Å². The Bertz CT molecular complexity index is 402. The van der Waals surface area contributed by atoms with Crippen LogP contribution >= 0.6 is 15.9 Å². The Morgan fingerprint density at radius 3 is 2.71 bits per heavy atom. The second-order valence-corrected chi connectivity index (χ2v) is 4.52. The third kappa shape index (κ3) is 1.52. The summed E-state index contributed by atoms with van der Waals surface area (Å²) < 4.78 is 0.364. The Morgan fingerprint density at radius 1 is 1.64 bits per heavy atom. The summed E-state index contributed by atoms with van der Waals surface area (Å²) in [5.41, 5.74) is 0.178. The van der Waals surface area contributed by atoms with E-state index in [2.05, 4.69) is 32.8 Å². The normalized spacial score (nSPS) is 17.9. The molecule has 1 aromatic heterocycles. The van der Waals surface area contributed by atoms with E-state index in [0.29, 0.717) is 4.60 Å². The lowest BCUT2D eigenvalue weighted by molar-refractivity contribution is 0.0694. The van der Waals surface area contributed by atoms with Gasteiger partial charge in [0.15, 0.2) is 0 Å². The average molecular weight is 257 g/mol. The number of nitrogens with zero attached hydrogens (tertiary/aromatic N) is 2. The maximum absolute atomic E-state index is 10.7. The molecule has 0 atom stereocenters. The smallest absolute Gasteiger partial charge is 0.340 e. The van der Waals surface area contributed by atoms with Crippen molar-refractivity contribution in [3.05, 3.63) is 22.2 Å². The maximum Gasteiger partial charge on any atom is 0.340 e. The van der Waals surface area contributed by atoms with Crippen LogP contribution in [0.25, 0.3) is 0 Å². The fourth-order valence-corrected chi connectivity index (χ4v) is 1.65. The molecule has 0 amide bonds. The summed E-state index contributed by atoms with van der Waals surface area (Å²) in [5.74, 6) is -0.279. The van der Waals surface area contributed by atoms with Crippen LogP contribution in [0.4, 0.5) is 0 Å². The van der Waals surface area contributed by atoms with Crippen molar-refractivity contribution < 1.29 is 9.90 Å². The van der Waals surface area contributed by atoms with Gasteiger partial charge >= 0.3 is 5.97 Å². The first kappa shape index (κ1) is 9.58. The number of hydrogen-bond donors (Lipinski definition) is 1. The number of hydrogen-bond acceptors (Lipinski definition) is 3. The van der Waals surface area contributed by atoms with Gasteiger partial charge in [0, 0.05) is 11.6 Å². The van der Waals surface area contributed by atoms with Crippen molar-refractivity contribution in [3.63, 3.8) is 0 Å². The molecule has 1 saturated carbocycles. The van der Waals surface area contributed by atoms with E-state index >= 15 is 0 Å². The van der Waals surface area contributed by atoms with Crippen LogP contribution in [0.15, 0.2) is 10.8 Å². The highest BCUT2D eigenvalue weighted by Crippen LogP contribution is 2.46. The molecule has 1 aliphatic rings. The number of aromatic nitrogens is 2. The molecule has 0 aliphatic heterocycles. The van der Waals surface area contributed by atoms with Gasteiger partial charge < -0.3 is 5.11 Å². The standard InChI is InChI=1S/C9H9BrN2O2/c1-9(2-3-9)8-11-4-5(7(13)14)6(10)12-8/h4H,2-3H2,1H3,(H,13,14). The SMILES string of the molecule is CC1(c2ncc(C(=O)O)c(Br)n2)CC1. The largest absolute Gasteiger partial charge is 0.478 e. The molecular formula is C9H9BrN2O2. The molecule has 0 unspecified atom stereocenters. The minimum absolute atomic E-state index is 0.0690. The van der Waals surface area contributed by atoms with Gasteiger partial charge in [0.05, 0.1) is 0 Å². The van der Waals surface area contributed by atoms with E-state index in [-0.39, 0.29) is 11.0 Å².